The van der Waals surface area contributed by atoms with Crippen LogP contribution in [0.3, 0.4) is 0 Å². The minimum atomic E-state index is -0.948. The molecule has 2 aliphatic rings. The van der Waals surface area contributed by atoms with Gasteiger partial charge < -0.3 is 14.6 Å². The normalized spacial score (nSPS) is 25.3. The molecule has 4 atom stereocenters. The molecule has 1 aromatic carbocycles. The zero-order valence-electron chi connectivity index (χ0n) is 14.3. The summed E-state index contributed by atoms with van der Waals surface area (Å²) in [6, 6.07) is 3.12. The number of carboxylic acids is 1. The molecule has 27 heavy (non-hydrogen) atoms. The zero-order chi connectivity index (χ0) is 19.9. The van der Waals surface area contributed by atoms with Crippen LogP contribution in [0.5, 0.6) is 5.75 Å². The molecule has 2 bridgehead atoms. The summed E-state index contributed by atoms with van der Waals surface area (Å²) in [7, 11) is 0. The van der Waals surface area contributed by atoms with E-state index in [1.165, 1.54) is 0 Å². The number of ether oxygens (including phenoxy) is 2. The Balaban J connectivity index is 1.79. The van der Waals surface area contributed by atoms with Gasteiger partial charge in [0.05, 0.1) is 12.7 Å². The van der Waals surface area contributed by atoms with Crippen molar-refractivity contribution < 1.29 is 29.0 Å². The van der Waals surface area contributed by atoms with Gasteiger partial charge in [-0.25, -0.2) is 9.59 Å². The van der Waals surface area contributed by atoms with E-state index >= 15 is 0 Å². The van der Waals surface area contributed by atoms with Crippen molar-refractivity contribution in [1.82, 2.24) is 0 Å². The van der Waals surface area contributed by atoms with Crippen molar-refractivity contribution >= 4 is 63.1 Å². The van der Waals surface area contributed by atoms with Gasteiger partial charge in [0.1, 0.15) is 12.0 Å². The first-order valence-corrected chi connectivity index (χ1v) is 10.3. The van der Waals surface area contributed by atoms with Crippen LogP contribution in [0.4, 0.5) is 0 Å². The molecule has 0 amide bonds. The van der Waals surface area contributed by atoms with Gasteiger partial charge in [-0.05, 0) is 76.6 Å². The van der Waals surface area contributed by atoms with Crippen LogP contribution >= 0.6 is 45.2 Å². The number of hydrogen-bond donors (Lipinski definition) is 1. The Morgan fingerprint density at radius 3 is 2.30 bits per heavy atom. The summed E-state index contributed by atoms with van der Waals surface area (Å²) in [5.41, 5.74) is 0.559. The highest BCUT2D eigenvalue weighted by atomic mass is 127. The highest BCUT2D eigenvalue weighted by molar-refractivity contribution is 14.1. The molecule has 1 saturated carbocycles. The number of allylic oxidation sites excluding steroid dienone is 1. The maximum absolute atomic E-state index is 12.6. The van der Waals surface area contributed by atoms with E-state index in [1.54, 1.807) is 19.1 Å². The Kier molecular flexibility index (Phi) is 5.94. The smallest absolute Gasteiger partial charge is 0.338 e. The van der Waals surface area contributed by atoms with Crippen molar-refractivity contribution in [2.24, 2.45) is 17.8 Å². The van der Waals surface area contributed by atoms with E-state index in [4.69, 9.17) is 9.47 Å². The Morgan fingerprint density at radius 2 is 1.74 bits per heavy atom. The third-order valence-corrected chi connectivity index (χ3v) is 6.30. The van der Waals surface area contributed by atoms with E-state index in [0.717, 1.165) is 0 Å². The molecular weight excluding hydrogens is 578 g/mol. The lowest BCUT2D eigenvalue weighted by atomic mass is 9.91. The highest BCUT2D eigenvalue weighted by Crippen LogP contribution is 2.45. The molecule has 1 aromatic rings. The average molecular weight is 594 g/mol. The van der Waals surface area contributed by atoms with E-state index in [0.29, 0.717) is 19.3 Å². The summed E-state index contributed by atoms with van der Waals surface area (Å²) < 4.78 is 12.0. The van der Waals surface area contributed by atoms with Gasteiger partial charge in [0.25, 0.3) is 0 Å². The topological polar surface area (TPSA) is 89.9 Å². The molecule has 1 N–H and O–H groups in total. The first kappa shape index (κ1) is 20.3. The van der Waals surface area contributed by atoms with Crippen LogP contribution < -0.4 is 4.74 Å². The molecule has 6 nitrogen and oxygen atoms in total. The average Bonchev–Trinajstić information content (AvgIpc) is 3.18. The van der Waals surface area contributed by atoms with Gasteiger partial charge >= 0.3 is 17.9 Å². The summed E-state index contributed by atoms with van der Waals surface area (Å²) in [6.07, 6.45) is 3.85. The number of aliphatic carboxylic acids is 1. The summed E-state index contributed by atoms with van der Waals surface area (Å²) in [6.45, 7) is 5.10. The molecule has 0 saturated heterocycles. The van der Waals surface area contributed by atoms with Crippen molar-refractivity contribution in [3.05, 3.63) is 49.1 Å². The number of esters is 2. The Labute approximate surface area is 183 Å². The number of fused-ring (bicyclic) bond motifs is 2. The lowest BCUT2D eigenvalue weighted by molar-refractivity contribution is -0.146. The molecular formula is C19H16I2O6. The van der Waals surface area contributed by atoms with Crippen LogP contribution in [0.2, 0.25) is 0 Å². The van der Waals surface area contributed by atoms with Crippen molar-refractivity contribution in [2.75, 3.05) is 0 Å². The predicted molar refractivity (Wildman–Crippen MR) is 113 cm³/mol. The molecule has 1 fully saturated rings. The minimum absolute atomic E-state index is 0.0611. The minimum Gasteiger partial charge on any atom is -0.481 e. The van der Waals surface area contributed by atoms with Crippen LogP contribution in [0, 0.1) is 24.9 Å². The molecule has 3 rings (SSSR count). The van der Waals surface area contributed by atoms with Crippen LogP contribution in [0.25, 0.3) is 0 Å². The lowest BCUT2D eigenvalue weighted by Crippen LogP contribution is -2.35. The summed E-state index contributed by atoms with van der Waals surface area (Å²) >= 11 is 3.95. The second-order valence-electron chi connectivity index (χ2n) is 6.62. The van der Waals surface area contributed by atoms with Crippen molar-refractivity contribution in [3.8, 4) is 5.75 Å². The van der Waals surface area contributed by atoms with Gasteiger partial charge in [0, 0.05) is 11.5 Å². The third-order valence-electron chi connectivity index (χ3n) is 4.69. The number of rotatable bonds is 5. The van der Waals surface area contributed by atoms with E-state index < -0.39 is 29.9 Å². The zero-order valence-corrected chi connectivity index (χ0v) is 18.6. The molecule has 0 aliphatic heterocycles. The van der Waals surface area contributed by atoms with Gasteiger partial charge in [-0.1, -0.05) is 18.7 Å². The molecule has 0 radical (unpaired) electrons. The summed E-state index contributed by atoms with van der Waals surface area (Å²) in [5.74, 6) is -2.58. The predicted octanol–water partition coefficient (Wildman–Crippen LogP) is 3.81. The maximum atomic E-state index is 12.6. The van der Waals surface area contributed by atoms with Crippen molar-refractivity contribution in [3.63, 3.8) is 0 Å². The standard InChI is InChI=1S/C19H16I2O6/c1-8(2)18(24)27-16-12(20)6-11(7-13(16)21)19(25)26-15-10-4-3-9(5-10)14(15)17(22)23/h3-4,6-7,9-10,14-15H,1,5H2,2H3,(H,22,23). The monoisotopic (exact) mass is 594 g/mol. The van der Waals surface area contributed by atoms with E-state index in [2.05, 4.69) is 6.58 Å². The largest absolute Gasteiger partial charge is 0.481 e. The Bertz CT molecular complexity index is 852. The van der Waals surface area contributed by atoms with Gasteiger partial charge in [-0.2, -0.15) is 0 Å². The first-order chi connectivity index (χ1) is 12.7. The van der Waals surface area contributed by atoms with E-state index in [1.807, 2.05) is 57.3 Å². The third kappa shape index (κ3) is 4.05. The number of carbonyl (C=O) groups is 3. The van der Waals surface area contributed by atoms with Crippen LogP contribution in [0.1, 0.15) is 23.7 Å². The summed E-state index contributed by atoms with van der Waals surface area (Å²) in [4.78, 5) is 35.9. The van der Waals surface area contributed by atoms with Gasteiger partial charge in [0.2, 0.25) is 0 Å². The second-order valence-corrected chi connectivity index (χ2v) is 8.95. The quantitative estimate of drug-likeness (QED) is 0.184. The lowest BCUT2D eigenvalue weighted by Gasteiger charge is -2.25. The SMILES string of the molecule is C=C(C)C(=O)Oc1c(I)cc(C(=O)OC2C3C=CC(C3)C2C(=O)O)cc1I. The fraction of sp³-hybridized carbons (Fsp3) is 0.316. The number of carbonyl (C=O) groups excluding carboxylic acids is 2. The van der Waals surface area contributed by atoms with Gasteiger partial charge in [-0.3, -0.25) is 4.79 Å². The molecule has 0 spiro atoms. The van der Waals surface area contributed by atoms with Crippen molar-refractivity contribution in [1.29, 1.82) is 0 Å². The van der Waals surface area contributed by atoms with Gasteiger partial charge in [-0.15, -0.1) is 0 Å². The van der Waals surface area contributed by atoms with E-state index in [9.17, 15) is 19.5 Å². The fourth-order valence-electron chi connectivity index (χ4n) is 3.41. The molecule has 0 aromatic heterocycles. The van der Waals surface area contributed by atoms with Crippen LogP contribution in [0.15, 0.2) is 36.4 Å². The molecule has 4 unspecified atom stereocenters. The number of hydrogen-bond acceptors (Lipinski definition) is 5. The Morgan fingerprint density at radius 1 is 1.15 bits per heavy atom. The van der Waals surface area contributed by atoms with Crippen LogP contribution in [-0.2, 0) is 14.3 Å². The van der Waals surface area contributed by atoms with Crippen LogP contribution in [-0.4, -0.2) is 29.1 Å². The molecule has 142 valence electrons. The molecule has 0 heterocycles. The fourth-order valence-corrected chi connectivity index (χ4v) is 5.40. The van der Waals surface area contributed by atoms with Gasteiger partial charge in [0.15, 0.2) is 5.75 Å². The highest BCUT2D eigenvalue weighted by Gasteiger charge is 2.50. The molecule has 2 aliphatic carbocycles. The molecule has 8 heteroatoms. The Hall–Kier alpha value is -1.43. The number of benzene rings is 1. The van der Waals surface area contributed by atoms with E-state index in [-0.39, 0.29) is 23.0 Å². The number of halogens is 2. The number of carboxylic acid groups (broad SMARTS) is 1. The second kappa shape index (κ2) is 7.90. The van der Waals surface area contributed by atoms with Crippen molar-refractivity contribution in [2.45, 2.75) is 19.4 Å². The first-order valence-electron chi connectivity index (χ1n) is 8.18. The summed E-state index contributed by atoms with van der Waals surface area (Å²) in [5, 5.41) is 9.46. The maximum Gasteiger partial charge on any atom is 0.338 e.